The van der Waals surface area contributed by atoms with Crippen LogP contribution in [-0.2, 0) is 32.6 Å². The maximum Gasteiger partial charge on any atom is 0.264 e. The topological polar surface area (TPSA) is 96.0 Å². The maximum atomic E-state index is 14.4. The standard InChI is InChI=1S/C33H34ClN3O5S/c1-3-35-33(39)30(22-25-12-6-4-7-13-25)36(23-26-18-20-27(34)21-19-26)32(38)24-37(29-16-10-11-17-31(29)42-2)43(40,41)28-14-8-5-9-15-28/h4-21,30H,3,22-24H2,1-2H3,(H,35,39)/t30-/m1/s1. The van der Waals surface area contributed by atoms with E-state index < -0.39 is 28.5 Å². The zero-order valence-corrected chi connectivity index (χ0v) is 25.6. The second-order valence-corrected chi connectivity index (χ2v) is 12.0. The average Bonchev–Trinajstić information content (AvgIpc) is 3.03. The minimum Gasteiger partial charge on any atom is -0.495 e. The molecule has 0 aliphatic carbocycles. The number of halogens is 1. The Labute approximate surface area is 257 Å². The van der Waals surface area contributed by atoms with Crippen LogP contribution in [0.2, 0.25) is 5.02 Å². The fourth-order valence-corrected chi connectivity index (χ4v) is 6.27. The number of sulfonamides is 1. The van der Waals surface area contributed by atoms with Crippen LogP contribution in [0.4, 0.5) is 5.69 Å². The molecule has 0 radical (unpaired) electrons. The first-order chi connectivity index (χ1) is 20.7. The monoisotopic (exact) mass is 619 g/mol. The molecular formula is C33H34ClN3O5S. The predicted octanol–water partition coefficient (Wildman–Crippen LogP) is 5.32. The van der Waals surface area contributed by atoms with Crippen molar-refractivity contribution in [2.75, 3.05) is 24.5 Å². The Hall–Kier alpha value is -4.34. The van der Waals surface area contributed by atoms with Crippen LogP contribution < -0.4 is 14.4 Å². The molecule has 43 heavy (non-hydrogen) atoms. The predicted molar refractivity (Wildman–Crippen MR) is 169 cm³/mol. The lowest BCUT2D eigenvalue weighted by Crippen LogP contribution is -2.53. The van der Waals surface area contributed by atoms with Gasteiger partial charge in [-0.25, -0.2) is 8.42 Å². The van der Waals surface area contributed by atoms with E-state index in [1.807, 2.05) is 30.3 Å². The summed E-state index contributed by atoms with van der Waals surface area (Å²) in [6.45, 7) is 1.65. The van der Waals surface area contributed by atoms with Crippen LogP contribution in [0.1, 0.15) is 18.1 Å². The molecule has 0 fully saturated rings. The Balaban J connectivity index is 1.81. The highest BCUT2D eigenvalue weighted by atomic mass is 35.5. The molecular weight excluding hydrogens is 586 g/mol. The Kier molecular flexibility index (Phi) is 10.8. The zero-order chi connectivity index (χ0) is 30.8. The van der Waals surface area contributed by atoms with Crippen LogP contribution in [0.15, 0.2) is 114 Å². The van der Waals surface area contributed by atoms with E-state index in [1.54, 1.807) is 73.7 Å². The molecule has 10 heteroatoms. The fraction of sp³-hybridized carbons (Fsp3) is 0.212. The number of ether oxygens (including phenoxy) is 1. The number of benzene rings is 4. The number of nitrogens with one attached hydrogen (secondary N) is 1. The second-order valence-electron chi connectivity index (χ2n) is 9.74. The number of carbonyl (C=O) groups is 2. The number of amides is 2. The lowest BCUT2D eigenvalue weighted by atomic mass is 10.0. The summed E-state index contributed by atoms with van der Waals surface area (Å²) in [5, 5.41) is 3.38. The number of hydrogen-bond acceptors (Lipinski definition) is 5. The van der Waals surface area contributed by atoms with E-state index in [4.69, 9.17) is 16.3 Å². The molecule has 2 amide bonds. The molecule has 8 nitrogen and oxygen atoms in total. The molecule has 1 N–H and O–H groups in total. The molecule has 0 saturated carbocycles. The van der Waals surface area contributed by atoms with E-state index >= 15 is 0 Å². The van der Waals surface area contributed by atoms with Crippen molar-refractivity contribution in [1.29, 1.82) is 0 Å². The largest absolute Gasteiger partial charge is 0.495 e. The molecule has 0 aliphatic rings. The van der Waals surface area contributed by atoms with Gasteiger partial charge in [-0.1, -0.05) is 84.4 Å². The number of carbonyl (C=O) groups excluding carboxylic acids is 2. The summed E-state index contributed by atoms with van der Waals surface area (Å²) in [5.41, 5.74) is 1.78. The van der Waals surface area contributed by atoms with E-state index in [1.165, 1.54) is 24.1 Å². The zero-order valence-electron chi connectivity index (χ0n) is 24.0. The normalized spacial score (nSPS) is 11.8. The summed E-state index contributed by atoms with van der Waals surface area (Å²) >= 11 is 6.12. The van der Waals surface area contributed by atoms with Crippen LogP contribution in [0.3, 0.4) is 0 Å². The molecule has 4 rings (SSSR count). The van der Waals surface area contributed by atoms with Crippen molar-refractivity contribution in [3.8, 4) is 5.75 Å². The highest BCUT2D eigenvalue weighted by Crippen LogP contribution is 2.32. The van der Waals surface area contributed by atoms with Crippen molar-refractivity contribution in [2.45, 2.75) is 30.8 Å². The maximum absolute atomic E-state index is 14.4. The van der Waals surface area contributed by atoms with Gasteiger partial charge in [-0.2, -0.15) is 0 Å². The SMILES string of the molecule is CCNC(=O)[C@@H](Cc1ccccc1)N(Cc1ccc(Cl)cc1)C(=O)CN(c1ccccc1OC)S(=O)(=O)c1ccccc1. The summed E-state index contributed by atoms with van der Waals surface area (Å²) in [7, 11) is -2.78. The van der Waals surface area contributed by atoms with Gasteiger partial charge in [-0.05, 0) is 54.4 Å². The Bertz CT molecular complexity index is 1620. The molecule has 0 aromatic heterocycles. The van der Waals surface area contributed by atoms with Gasteiger partial charge in [0.15, 0.2) is 0 Å². The molecule has 0 aliphatic heterocycles. The van der Waals surface area contributed by atoms with Crippen molar-refractivity contribution >= 4 is 39.1 Å². The van der Waals surface area contributed by atoms with Crippen LogP contribution in [0.5, 0.6) is 5.75 Å². The molecule has 0 saturated heterocycles. The van der Waals surface area contributed by atoms with Gasteiger partial charge in [-0.15, -0.1) is 0 Å². The Morgan fingerprint density at radius 2 is 1.44 bits per heavy atom. The van der Waals surface area contributed by atoms with Crippen molar-refractivity contribution in [3.05, 3.63) is 125 Å². The number of hydrogen-bond donors (Lipinski definition) is 1. The van der Waals surface area contributed by atoms with Crippen molar-refractivity contribution in [1.82, 2.24) is 10.2 Å². The van der Waals surface area contributed by atoms with Crippen LogP contribution in [0, 0.1) is 0 Å². The minimum absolute atomic E-state index is 0.0162. The third-order valence-electron chi connectivity index (χ3n) is 6.85. The third-order valence-corrected chi connectivity index (χ3v) is 8.88. The molecule has 0 heterocycles. The number of nitrogens with zero attached hydrogens (tertiary/aromatic N) is 2. The lowest BCUT2D eigenvalue weighted by Gasteiger charge is -2.34. The van der Waals surface area contributed by atoms with Gasteiger partial charge in [0.2, 0.25) is 11.8 Å². The van der Waals surface area contributed by atoms with E-state index in [9.17, 15) is 18.0 Å². The van der Waals surface area contributed by atoms with Crippen LogP contribution >= 0.6 is 11.6 Å². The van der Waals surface area contributed by atoms with E-state index in [-0.39, 0.29) is 35.2 Å². The van der Waals surface area contributed by atoms with Gasteiger partial charge in [0.05, 0.1) is 17.7 Å². The molecule has 4 aromatic rings. The van der Waals surface area contributed by atoms with Crippen LogP contribution in [0.25, 0.3) is 0 Å². The van der Waals surface area contributed by atoms with Crippen molar-refractivity contribution < 1.29 is 22.7 Å². The first kappa shape index (κ1) is 31.6. The quantitative estimate of drug-likeness (QED) is 0.219. The van der Waals surface area contributed by atoms with E-state index in [0.29, 0.717) is 11.6 Å². The van der Waals surface area contributed by atoms with Gasteiger partial charge in [0.1, 0.15) is 18.3 Å². The highest BCUT2D eigenvalue weighted by molar-refractivity contribution is 7.92. The van der Waals surface area contributed by atoms with Gasteiger partial charge >= 0.3 is 0 Å². The van der Waals surface area contributed by atoms with Gasteiger partial charge in [0, 0.05) is 24.5 Å². The second kappa shape index (κ2) is 14.7. The van der Waals surface area contributed by atoms with Gasteiger partial charge < -0.3 is 15.0 Å². The van der Waals surface area contributed by atoms with Crippen molar-refractivity contribution in [2.24, 2.45) is 0 Å². The average molecular weight is 620 g/mol. The molecule has 0 unspecified atom stereocenters. The van der Waals surface area contributed by atoms with Gasteiger partial charge in [0.25, 0.3) is 10.0 Å². The molecule has 0 spiro atoms. The summed E-state index contributed by atoms with van der Waals surface area (Å²) in [6.07, 6.45) is 0.228. The van der Waals surface area contributed by atoms with E-state index in [0.717, 1.165) is 15.4 Å². The third kappa shape index (κ3) is 7.94. The molecule has 224 valence electrons. The smallest absolute Gasteiger partial charge is 0.264 e. The highest BCUT2D eigenvalue weighted by Gasteiger charge is 2.35. The Morgan fingerprint density at radius 3 is 2.07 bits per heavy atom. The summed E-state index contributed by atoms with van der Waals surface area (Å²) in [5.74, 6) is -0.625. The molecule has 4 aromatic carbocycles. The molecule has 1 atom stereocenters. The summed E-state index contributed by atoms with van der Waals surface area (Å²) < 4.78 is 34.6. The Morgan fingerprint density at radius 1 is 0.837 bits per heavy atom. The summed E-state index contributed by atoms with van der Waals surface area (Å²) in [4.78, 5) is 29.4. The molecule has 0 bridgehead atoms. The number of anilines is 1. The minimum atomic E-state index is -4.22. The first-order valence-electron chi connectivity index (χ1n) is 13.8. The summed E-state index contributed by atoms with van der Waals surface area (Å²) in [6, 6.07) is 29.9. The number of likely N-dealkylation sites (N-methyl/N-ethyl adjacent to an activating group) is 1. The lowest BCUT2D eigenvalue weighted by molar-refractivity contribution is -0.140. The van der Waals surface area contributed by atoms with E-state index in [2.05, 4.69) is 5.32 Å². The fourth-order valence-electron chi connectivity index (χ4n) is 4.70. The van der Waals surface area contributed by atoms with Crippen molar-refractivity contribution in [3.63, 3.8) is 0 Å². The number of methoxy groups -OCH3 is 1. The van der Waals surface area contributed by atoms with Crippen LogP contribution in [-0.4, -0.2) is 51.4 Å². The number of rotatable bonds is 13. The first-order valence-corrected chi connectivity index (χ1v) is 15.6. The van der Waals surface area contributed by atoms with Gasteiger partial charge in [-0.3, -0.25) is 13.9 Å². The number of para-hydroxylation sites is 2.